The lowest BCUT2D eigenvalue weighted by Crippen LogP contribution is -2.15. The first-order valence-corrected chi connectivity index (χ1v) is 10.1. The lowest BCUT2D eigenvalue weighted by molar-refractivity contribution is -0.117. The van der Waals surface area contributed by atoms with Gasteiger partial charge in [0.1, 0.15) is 29.4 Å². The van der Waals surface area contributed by atoms with E-state index < -0.39 is 18.0 Å². The summed E-state index contributed by atoms with van der Waals surface area (Å²) >= 11 is 0. The predicted molar refractivity (Wildman–Crippen MR) is 113 cm³/mol. The highest BCUT2D eigenvalue weighted by atomic mass is 19.1. The maximum Gasteiger partial charge on any atom is 0.231 e. The number of aromatic nitrogens is 3. The molecule has 3 aromatic heterocycles. The first-order valence-electron chi connectivity index (χ1n) is 10.1. The molecule has 1 fully saturated rings. The molecule has 7 nitrogen and oxygen atoms in total. The van der Waals surface area contributed by atoms with E-state index >= 15 is 0 Å². The molecule has 0 bridgehead atoms. The van der Waals surface area contributed by atoms with Crippen molar-refractivity contribution >= 4 is 28.4 Å². The number of ketones is 1. The van der Waals surface area contributed by atoms with Crippen LogP contribution >= 0.6 is 0 Å². The standard InChI is InChI=1S/C23H20FN5O2/c1-3-4-21(30)19-5-12(2)16(11-26-19)14-6-13-10-27-22(8-18(13)28-20(14)9-25)29-23(31)15-7-17(15)24/h5-6,8,10-11,15,17H,3-4,7H2,1-2H3,(H,27,29,31)/t15-,17+/m0/s1. The predicted octanol–water partition coefficient (Wildman–Crippen LogP) is 4.15. The molecule has 1 aliphatic carbocycles. The second-order valence-corrected chi connectivity index (χ2v) is 7.66. The quantitative estimate of drug-likeness (QED) is 0.604. The van der Waals surface area contributed by atoms with Crippen molar-refractivity contribution in [3.8, 4) is 17.2 Å². The van der Waals surface area contributed by atoms with Crippen molar-refractivity contribution in [2.45, 2.75) is 39.3 Å². The molecule has 3 aromatic rings. The number of carbonyl (C=O) groups excluding carboxylic acids is 2. The highest BCUT2D eigenvalue weighted by Gasteiger charge is 2.43. The van der Waals surface area contributed by atoms with Crippen LogP contribution in [0.15, 0.2) is 30.6 Å². The maximum atomic E-state index is 13.1. The van der Waals surface area contributed by atoms with Gasteiger partial charge in [0.25, 0.3) is 0 Å². The minimum atomic E-state index is -1.09. The molecule has 1 saturated carbocycles. The van der Waals surface area contributed by atoms with Gasteiger partial charge in [-0.2, -0.15) is 5.26 Å². The van der Waals surface area contributed by atoms with E-state index in [1.165, 1.54) is 0 Å². The van der Waals surface area contributed by atoms with Crippen LogP contribution in [0.1, 0.15) is 47.9 Å². The number of nitrogens with one attached hydrogen (secondary N) is 1. The maximum absolute atomic E-state index is 13.1. The number of halogens is 1. The zero-order chi connectivity index (χ0) is 22.1. The number of aryl methyl sites for hydroxylation is 1. The molecule has 156 valence electrons. The van der Waals surface area contributed by atoms with Crippen LogP contribution in [-0.4, -0.2) is 32.8 Å². The summed E-state index contributed by atoms with van der Waals surface area (Å²) in [6.45, 7) is 3.80. The Morgan fingerprint density at radius 1 is 1.23 bits per heavy atom. The molecule has 1 N–H and O–H groups in total. The molecule has 0 aliphatic heterocycles. The van der Waals surface area contributed by atoms with Crippen molar-refractivity contribution in [1.82, 2.24) is 15.0 Å². The normalized spacial score (nSPS) is 17.2. The van der Waals surface area contributed by atoms with E-state index in [2.05, 4.69) is 26.3 Å². The van der Waals surface area contributed by atoms with Gasteiger partial charge in [-0.1, -0.05) is 6.92 Å². The number of pyridine rings is 3. The van der Waals surface area contributed by atoms with Crippen LogP contribution in [0.4, 0.5) is 10.2 Å². The lowest BCUT2D eigenvalue weighted by Gasteiger charge is -2.11. The van der Waals surface area contributed by atoms with Crippen LogP contribution in [0.3, 0.4) is 0 Å². The zero-order valence-corrected chi connectivity index (χ0v) is 17.1. The van der Waals surface area contributed by atoms with Crippen molar-refractivity contribution in [1.29, 1.82) is 5.26 Å². The Hall–Kier alpha value is -3.73. The summed E-state index contributed by atoms with van der Waals surface area (Å²) < 4.78 is 13.1. The van der Waals surface area contributed by atoms with E-state index in [1.54, 1.807) is 30.6 Å². The Kier molecular flexibility index (Phi) is 5.42. The fraction of sp³-hybridized carbons (Fsp3) is 0.304. The third-order valence-electron chi connectivity index (χ3n) is 5.27. The number of hydrogen-bond donors (Lipinski definition) is 1. The average Bonchev–Trinajstić information content (AvgIpc) is 3.49. The largest absolute Gasteiger partial charge is 0.310 e. The molecule has 3 heterocycles. The van der Waals surface area contributed by atoms with Gasteiger partial charge in [0.2, 0.25) is 5.91 Å². The Balaban J connectivity index is 1.69. The molecule has 0 radical (unpaired) electrons. The van der Waals surface area contributed by atoms with Gasteiger partial charge >= 0.3 is 0 Å². The highest BCUT2D eigenvalue weighted by Crippen LogP contribution is 2.35. The number of fused-ring (bicyclic) bond motifs is 1. The van der Waals surface area contributed by atoms with Gasteiger partial charge in [-0.05, 0) is 37.5 Å². The van der Waals surface area contributed by atoms with Gasteiger partial charge in [0, 0.05) is 41.4 Å². The molecule has 0 aromatic carbocycles. The Labute approximate surface area is 178 Å². The van der Waals surface area contributed by atoms with Gasteiger partial charge in [0.05, 0.1) is 11.4 Å². The second kappa shape index (κ2) is 8.19. The summed E-state index contributed by atoms with van der Waals surface area (Å²) in [5.74, 6) is -0.781. The van der Waals surface area contributed by atoms with Gasteiger partial charge in [-0.25, -0.2) is 14.4 Å². The highest BCUT2D eigenvalue weighted by molar-refractivity contribution is 5.97. The topological polar surface area (TPSA) is 109 Å². The molecule has 1 amide bonds. The summed E-state index contributed by atoms with van der Waals surface area (Å²) in [5, 5.41) is 12.9. The number of anilines is 1. The first-order chi connectivity index (χ1) is 14.9. The Bertz CT molecular complexity index is 1250. The lowest BCUT2D eigenvalue weighted by atomic mass is 9.98. The molecular formula is C23H20FN5O2. The fourth-order valence-electron chi connectivity index (χ4n) is 3.43. The summed E-state index contributed by atoms with van der Waals surface area (Å²) in [6.07, 6.45) is 3.46. The smallest absolute Gasteiger partial charge is 0.231 e. The number of alkyl halides is 1. The van der Waals surface area contributed by atoms with Crippen molar-refractivity contribution < 1.29 is 14.0 Å². The second-order valence-electron chi connectivity index (χ2n) is 7.66. The van der Waals surface area contributed by atoms with Crippen LogP contribution < -0.4 is 5.32 Å². The van der Waals surface area contributed by atoms with Crippen molar-refractivity contribution in [2.75, 3.05) is 5.32 Å². The van der Waals surface area contributed by atoms with Crippen molar-refractivity contribution in [3.63, 3.8) is 0 Å². The van der Waals surface area contributed by atoms with Crippen molar-refractivity contribution in [3.05, 3.63) is 47.5 Å². The third kappa shape index (κ3) is 4.12. The summed E-state index contributed by atoms with van der Waals surface area (Å²) in [6, 6.07) is 7.18. The van der Waals surface area contributed by atoms with E-state index in [-0.39, 0.29) is 23.7 Å². The van der Waals surface area contributed by atoms with Crippen LogP contribution in [0.5, 0.6) is 0 Å². The first kappa shape index (κ1) is 20.5. The molecule has 4 rings (SSSR count). The van der Waals surface area contributed by atoms with Gasteiger partial charge < -0.3 is 5.32 Å². The van der Waals surface area contributed by atoms with Crippen LogP contribution in [0, 0.1) is 24.2 Å². The van der Waals surface area contributed by atoms with E-state index in [9.17, 15) is 19.2 Å². The minimum Gasteiger partial charge on any atom is -0.310 e. The van der Waals surface area contributed by atoms with Gasteiger partial charge in [0.15, 0.2) is 5.78 Å². The Morgan fingerprint density at radius 3 is 2.65 bits per heavy atom. The molecule has 1 aliphatic rings. The minimum absolute atomic E-state index is 0.0154. The van der Waals surface area contributed by atoms with Crippen LogP contribution in [0.2, 0.25) is 0 Å². The number of Topliss-reactive ketones (excluding diaryl/α,β-unsaturated/α-hetero) is 1. The fourth-order valence-corrected chi connectivity index (χ4v) is 3.43. The van der Waals surface area contributed by atoms with Crippen LogP contribution in [0.25, 0.3) is 22.0 Å². The third-order valence-corrected chi connectivity index (χ3v) is 5.27. The number of hydrogen-bond acceptors (Lipinski definition) is 6. The zero-order valence-electron chi connectivity index (χ0n) is 17.1. The van der Waals surface area contributed by atoms with E-state index in [1.807, 2.05) is 13.8 Å². The molecule has 0 saturated heterocycles. The van der Waals surface area contributed by atoms with Gasteiger partial charge in [-0.3, -0.25) is 14.6 Å². The monoisotopic (exact) mass is 417 g/mol. The molecular weight excluding hydrogens is 397 g/mol. The van der Waals surface area contributed by atoms with E-state index in [4.69, 9.17) is 0 Å². The molecule has 31 heavy (non-hydrogen) atoms. The van der Waals surface area contributed by atoms with Crippen molar-refractivity contribution in [2.24, 2.45) is 5.92 Å². The molecule has 0 spiro atoms. The SMILES string of the molecule is CCCC(=O)c1cc(C)c(-c2cc3cnc(NC(=O)[C@H]4C[C@H]4F)cc3nc2C#N)cn1. The number of rotatable bonds is 6. The van der Waals surface area contributed by atoms with E-state index in [0.29, 0.717) is 34.1 Å². The number of nitrogens with zero attached hydrogens (tertiary/aromatic N) is 4. The van der Waals surface area contributed by atoms with Crippen LogP contribution in [-0.2, 0) is 4.79 Å². The van der Waals surface area contributed by atoms with E-state index in [0.717, 1.165) is 12.0 Å². The average molecular weight is 417 g/mol. The number of amides is 1. The summed E-state index contributed by atoms with van der Waals surface area (Å²) in [7, 11) is 0. The molecule has 2 atom stereocenters. The molecule has 8 heteroatoms. The number of nitriles is 1. The van der Waals surface area contributed by atoms with Gasteiger partial charge in [-0.15, -0.1) is 0 Å². The molecule has 0 unspecified atom stereocenters. The summed E-state index contributed by atoms with van der Waals surface area (Å²) in [4.78, 5) is 37.0. The Morgan fingerprint density at radius 2 is 2.00 bits per heavy atom. The summed E-state index contributed by atoms with van der Waals surface area (Å²) in [5.41, 5.74) is 3.20. The number of carbonyl (C=O) groups is 2.